The average molecular weight is 219 g/mol. The molecular formula is C11H13N3O2. The van der Waals surface area contributed by atoms with Gasteiger partial charge in [0.05, 0.1) is 12.4 Å². The minimum atomic E-state index is -1.05. The van der Waals surface area contributed by atoms with E-state index in [0.717, 1.165) is 25.3 Å². The van der Waals surface area contributed by atoms with Crippen LogP contribution in [0.25, 0.3) is 0 Å². The summed E-state index contributed by atoms with van der Waals surface area (Å²) in [4.78, 5) is 20.6. The van der Waals surface area contributed by atoms with Crippen molar-refractivity contribution < 1.29 is 9.90 Å². The van der Waals surface area contributed by atoms with Gasteiger partial charge in [0.2, 0.25) is 0 Å². The lowest BCUT2D eigenvalue weighted by Gasteiger charge is -2.25. The summed E-state index contributed by atoms with van der Waals surface area (Å²) in [6, 6.07) is 0. The SMILES string of the molecule is CC1=CCN(c2cnc(C(=O)O)cn2)CC1. The Morgan fingerprint density at radius 3 is 2.75 bits per heavy atom. The number of carbonyl (C=O) groups is 1. The zero-order valence-electron chi connectivity index (χ0n) is 9.05. The second-order valence-corrected chi connectivity index (χ2v) is 3.81. The number of hydrogen-bond acceptors (Lipinski definition) is 4. The molecule has 1 aliphatic heterocycles. The van der Waals surface area contributed by atoms with E-state index in [9.17, 15) is 4.79 Å². The van der Waals surface area contributed by atoms with Crippen LogP contribution in [0.2, 0.25) is 0 Å². The minimum absolute atomic E-state index is 0.0208. The number of aromatic carboxylic acids is 1. The molecule has 0 fully saturated rings. The molecule has 1 aromatic heterocycles. The van der Waals surface area contributed by atoms with E-state index in [1.165, 1.54) is 18.0 Å². The summed E-state index contributed by atoms with van der Waals surface area (Å²) in [5.41, 5.74) is 1.36. The molecule has 0 unspecified atom stereocenters. The summed E-state index contributed by atoms with van der Waals surface area (Å²) in [5.74, 6) is -0.317. The Morgan fingerprint density at radius 1 is 1.44 bits per heavy atom. The van der Waals surface area contributed by atoms with Gasteiger partial charge < -0.3 is 10.0 Å². The Kier molecular flexibility index (Phi) is 2.85. The van der Waals surface area contributed by atoms with E-state index < -0.39 is 5.97 Å². The maximum Gasteiger partial charge on any atom is 0.356 e. The molecule has 0 bridgehead atoms. The number of nitrogens with zero attached hydrogens (tertiary/aromatic N) is 3. The molecule has 2 heterocycles. The van der Waals surface area contributed by atoms with Crippen LogP contribution in [-0.4, -0.2) is 34.1 Å². The quantitative estimate of drug-likeness (QED) is 0.760. The molecule has 0 radical (unpaired) electrons. The van der Waals surface area contributed by atoms with E-state index in [4.69, 9.17) is 5.11 Å². The largest absolute Gasteiger partial charge is 0.476 e. The van der Waals surface area contributed by atoms with E-state index in [2.05, 4.69) is 27.9 Å². The van der Waals surface area contributed by atoms with Gasteiger partial charge in [-0.2, -0.15) is 0 Å². The fourth-order valence-electron chi connectivity index (χ4n) is 1.57. The smallest absolute Gasteiger partial charge is 0.356 e. The summed E-state index contributed by atoms with van der Waals surface area (Å²) in [6.07, 6.45) is 5.97. The molecule has 0 aromatic carbocycles. The number of carboxylic acids is 1. The van der Waals surface area contributed by atoms with Crippen LogP contribution < -0.4 is 4.90 Å². The summed E-state index contributed by atoms with van der Waals surface area (Å²) in [6.45, 7) is 3.83. The molecule has 5 nitrogen and oxygen atoms in total. The van der Waals surface area contributed by atoms with Gasteiger partial charge in [-0.1, -0.05) is 11.6 Å². The number of rotatable bonds is 2. The first kappa shape index (κ1) is 10.6. The molecule has 0 spiro atoms. The molecule has 2 rings (SSSR count). The van der Waals surface area contributed by atoms with Gasteiger partial charge in [-0.25, -0.2) is 14.8 Å². The van der Waals surface area contributed by atoms with Crippen molar-refractivity contribution >= 4 is 11.8 Å². The van der Waals surface area contributed by atoms with Gasteiger partial charge in [0, 0.05) is 13.1 Å². The Labute approximate surface area is 93.4 Å². The van der Waals surface area contributed by atoms with Crippen LogP contribution in [0.5, 0.6) is 0 Å². The van der Waals surface area contributed by atoms with Crippen LogP contribution in [0.4, 0.5) is 5.82 Å². The minimum Gasteiger partial charge on any atom is -0.476 e. The van der Waals surface area contributed by atoms with Gasteiger partial charge in [-0.15, -0.1) is 0 Å². The summed E-state index contributed by atoms with van der Waals surface area (Å²) in [7, 11) is 0. The molecular weight excluding hydrogens is 206 g/mol. The Balaban J connectivity index is 2.13. The van der Waals surface area contributed by atoms with Gasteiger partial charge in [0.1, 0.15) is 5.82 Å². The predicted molar refractivity (Wildman–Crippen MR) is 59.6 cm³/mol. The van der Waals surface area contributed by atoms with E-state index in [1.54, 1.807) is 0 Å². The molecule has 1 N–H and O–H groups in total. The number of carboxylic acid groups (broad SMARTS) is 1. The molecule has 1 aliphatic rings. The lowest BCUT2D eigenvalue weighted by Crippen LogP contribution is -2.29. The van der Waals surface area contributed by atoms with Crippen LogP contribution in [0.15, 0.2) is 24.0 Å². The van der Waals surface area contributed by atoms with Crippen LogP contribution in [0.1, 0.15) is 23.8 Å². The molecule has 5 heteroatoms. The average Bonchev–Trinajstić information content (AvgIpc) is 2.30. The lowest BCUT2D eigenvalue weighted by molar-refractivity contribution is 0.0690. The molecule has 84 valence electrons. The number of aromatic nitrogens is 2. The zero-order valence-corrected chi connectivity index (χ0v) is 9.05. The highest BCUT2D eigenvalue weighted by atomic mass is 16.4. The molecule has 0 atom stereocenters. The third-order valence-electron chi connectivity index (χ3n) is 2.62. The topological polar surface area (TPSA) is 66.3 Å². The van der Waals surface area contributed by atoms with Gasteiger partial charge in [0.15, 0.2) is 5.69 Å². The maximum atomic E-state index is 10.6. The first-order valence-corrected chi connectivity index (χ1v) is 5.13. The molecule has 1 aromatic rings. The molecule has 0 amide bonds. The Morgan fingerprint density at radius 2 is 2.25 bits per heavy atom. The van der Waals surface area contributed by atoms with Crippen molar-refractivity contribution in [1.82, 2.24) is 9.97 Å². The van der Waals surface area contributed by atoms with Crippen molar-refractivity contribution in [2.24, 2.45) is 0 Å². The van der Waals surface area contributed by atoms with Gasteiger partial charge in [-0.3, -0.25) is 0 Å². The monoisotopic (exact) mass is 219 g/mol. The van der Waals surface area contributed by atoms with Crippen LogP contribution in [0.3, 0.4) is 0 Å². The van der Waals surface area contributed by atoms with Crippen molar-refractivity contribution in [3.63, 3.8) is 0 Å². The van der Waals surface area contributed by atoms with Crippen molar-refractivity contribution in [3.8, 4) is 0 Å². The van der Waals surface area contributed by atoms with E-state index in [1.807, 2.05) is 0 Å². The lowest BCUT2D eigenvalue weighted by atomic mass is 10.1. The molecule has 0 saturated heterocycles. The Hall–Kier alpha value is -1.91. The van der Waals surface area contributed by atoms with Crippen molar-refractivity contribution in [2.75, 3.05) is 18.0 Å². The second-order valence-electron chi connectivity index (χ2n) is 3.81. The first-order chi connectivity index (χ1) is 7.66. The zero-order chi connectivity index (χ0) is 11.5. The summed E-state index contributed by atoms with van der Waals surface area (Å²) < 4.78 is 0. The standard InChI is InChI=1S/C11H13N3O2/c1-8-2-4-14(5-3-8)10-7-12-9(6-13-10)11(15)16/h2,6-7H,3-5H2,1H3,(H,15,16). The third kappa shape index (κ3) is 2.18. The van der Waals surface area contributed by atoms with E-state index >= 15 is 0 Å². The highest BCUT2D eigenvalue weighted by Gasteiger charge is 2.12. The van der Waals surface area contributed by atoms with Crippen molar-refractivity contribution in [3.05, 3.63) is 29.7 Å². The fraction of sp³-hybridized carbons (Fsp3) is 0.364. The Bertz CT molecular complexity index is 425. The predicted octanol–water partition coefficient (Wildman–Crippen LogP) is 1.33. The van der Waals surface area contributed by atoms with Gasteiger partial charge >= 0.3 is 5.97 Å². The molecule has 0 saturated carbocycles. The highest BCUT2D eigenvalue weighted by Crippen LogP contribution is 2.16. The van der Waals surface area contributed by atoms with Crippen LogP contribution >= 0.6 is 0 Å². The van der Waals surface area contributed by atoms with Gasteiger partial charge in [-0.05, 0) is 13.3 Å². The normalized spacial score (nSPS) is 15.8. The van der Waals surface area contributed by atoms with Crippen LogP contribution in [-0.2, 0) is 0 Å². The second kappa shape index (κ2) is 4.30. The number of hydrogen-bond donors (Lipinski definition) is 1. The van der Waals surface area contributed by atoms with Crippen molar-refractivity contribution in [1.29, 1.82) is 0 Å². The molecule has 0 aliphatic carbocycles. The van der Waals surface area contributed by atoms with E-state index in [0.29, 0.717) is 0 Å². The maximum absolute atomic E-state index is 10.6. The van der Waals surface area contributed by atoms with Crippen molar-refractivity contribution in [2.45, 2.75) is 13.3 Å². The summed E-state index contributed by atoms with van der Waals surface area (Å²) >= 11 is 0. The first-order valence-electron chi connectivity index (χ1n) is 5.13. The summed E-state index contributed by atoms with van der Waals surface area (Å²) in [5, 5.41) is 8.70. The van der Waals surface area contributed by atoms with Gasteiger partial charge in [0.25, 0.3) is 0 Å². The third-order valence-corrected chi connectivity index (χ3v) is 2.62. The molecule has 16 heavy (non-hydrogen) atoms. The number of anilines is 1. The van der Waals surface area contributed by atoms with E-state index in [-0.39, 0.29) is 5.69 Å². The van der Waals surface area contributed by atoms with Crippen LogP contribution in [0, 0.1) is 0 Å². The fourth-order valence-corrected chi connectivity index (χ4v) is 1.57. The highest BCUT2D eigenvalue weighted by molar-refractivity contribution is 5.84.